The number of hydrogen-bond donors (Lipinski definition) is 1. The van der Waals surface area contributed by atoms with Crippen molar-refractivity contribution in [1.82, 2.24) is 10.3 Å². The largest absolute Gasteiger partial charge is 0.356 e. The third-order valence-corrected chi connectivity index (χ3v) is 5.49. The summed E-state index contributed by atoms with van der Waals surface area (Å²) in [5, 5.41) is 4.09. The average molecular weight is 331 g/mol. The number of hydrogen-bond acceptors (Lipinski definition) is 4. The van der Waals surface area contributed by atoms with E-state index in [4.69, 9.17) is 4.98 Å². The zero-order valence-corrected chi connectivity index (χ0v) is 15.0. The van der Waals surface area contributed by atoms with Crippen molar-refractivity contribution in [2.45, 2.75) is 40.0 Å². The quantitative estimate of drug-likeness (QED) is 0.930. The van der Waals surface area contributed by atoms with Gasteiger partial charge in [-0.05, 0) is 50.3 Å². The molecule has 1 aliphatic rings. The van der Waals surface area contributed by atoms with Crippen LogP contribution in [0.15, 0.2) is 12.1 Å². The van der Waals surface area contributed by atoms with Crippen LogP contribution in [0.3, 0.4) is 0 Å². The van der Waals surface area contributed by atoms with Gasteiger partial charge in [-0.1, -0.05) is 24.3 Å². The number of thiazole rings is 1. The van der Waals surface area contributed by atoms with Crippen molar-refractivity contribution >= 4 is 32.6 Å². The molecule has 0 unspecified atom stereocenters. The van der Waals surface area contributed by atoms with E-state index in [1.165, 1.54) is 15.8 Å². The van der Waals surface area contributed by atoms with Crippen LogP contribution in [0.2, 0.25) is 0 Å². The van der Waals surface area contributed by atoms with Gasteiger partial charge in [-0.2, -0.15) is 0 Å². The molecule has 4 nitrogen and oxygen atoms in total. The fraction of sp³-hybridized carbons (Fsp3) is 0.556. The Morgan fingerprint density at radius 2 is 2.26 bits per heavy atom. The van der Waals surface area contributed by atoms with E-state index in [1.54, 1.807) is 11.3 Å². The second-order valence-corrected chi connectivity index (χ2v) is 7.51. The highest BCUT2D eigenvalue weighted by Crippen LogP contribution is 2.33. The van der Waals surface area contributed by atoms with Crippen molar-refractivity contribution in [3.63, 3.8) is 0 Å². The van der Waals surface area contributed by atoms with Crippen molar-refractivity contribution in [3.8, 4) is 0 Å². The van der Waals surface area contributed by atoms with E-state index in [0.717, 1.165) is 49.5 Å². The van der Waals surface area contributed by atoms with Crippen molar-refractivity contribution in [2.24, 2.45) is 5.92 Å². The highest BCUT2D eigenvalue weighted by molar-refractivity contribution is 7.22. The second kappa shape index (κ2) is 6.87. The Balaban J connectivity index is 1.78. The van der Waals surface area contributed by atoms with Gasteiger partial charge in [0.25, 0.3) is 0 Å². The number of aromatic nitrogens is 1. The van der Waals surface area contributed by atoms with E-state index in [-0.39, 0.29) is 11.8 Å². The lowest BCUT2D eigenvalue weighted by molar-refractivity contribution is -0.125. The minimum atomic E-state index is 0.0881. The van der Waals surface area contributed by atoms with Gasteiger partial charge in [-0.25, -0.2) is 4.98 Å². The van der Waals surface area contributed by atoms with Crippen LogP contribution in [-0.4, -0.2) is 30.5 Å². The van der Waals surface area contributed by atoms with E-state index in [9.17, 15) is 4.79 Å². The standard InChI is InChI=1S/C18H25N3OS/c1-4-7-19-17(22)14-6-5-8-21(11-14)18-20-16-13(3)9-12(2)10-15(16)23-18/h9-10,14H,4-8,11H2,1-3H3,(H,19,22)/t14-/m1/s1. The van der Waals surface area contributed by atoms with E-state index in [2.05, 4.69) is 43.1 Å². The molecule has 0 bridgehead atoms. The minimum Gasteiger partial charge on any atom is -0.356 e. The molecule has 1 aliphatic heterocycles. The highest BCUT2D eigenvalue weighted by atomic mass is 32.1. The number of carbonyl (C=O) groups is 1. The Kier molecular flexibility index (Phi) is 4.85. The van der Waals surface area contributed by atoms with Gasteiger partial charge in [-0.3, -0.25) is 4.79 Å². The maximum absolute atomic E-state index is 12.2. The summed E-state index contributed by atoms with van der Waals surface area (Å²) in [5.74, 6) is 0.287. The van der Waals surface area contributed by atoms with Crippen molar-refractivity contribution < 1.29 is 4.79 Å². The molecule has 1 amide bonds. The first kappa shape index (κ1) is 16.2. The first-order valence-corrected chi connectivity index (χ1v) is 9.30. The predicted molar refractivity (Wildman–Crippen MR) is 97.3 cm³/mol. The molecule has 3 rings (SSSR count). The molecular formula is C18H25N3OS. The molecule has 23 heavy (non-hydrogen) atoms. The molecule has 1 atom stereocenters. The Labute approximate surface area is 141 Å². The monoisotopic (exact) mass is 331 g/mol. The number of amides is 1. The third kappa shape index (κ3) is 3.50. The zero-order chi connectivity index (χ0) is 16.4. The fourth-order valence-electron chi connectivity index (χ4n) is 3.25. The van der Waals surface area contributed by atoms with E-state index in [1.807, 2.05) is 0 Å². The number of carbonyl (C=O) groups excluding carboxylic acids is 1. The summed E-state index contributed by atoms with van der Waals surface area (Å²) in [6.07, 6.45) is 3.02. The molecule has 0 saturated carbocycles. The molecule has 1 N–H and O–H groups in total. The van der Waals surface area contributed by atoms with Crippen LogP contribution >= 0.6 is 11.3 Å². The lowest BCUT2D eigenvalue weighted by Crippen LogP contribution is -2.43. The van der Waals surface area contributed by atoms with Crippen LogP contribution < -0.4 is 10.2 Å². The van der Waals surface area contributed by atoms with E-state index in [0.29, 0.717) is 0 Å². The van der Waals surface area contributed by atoms with Gasteiger partial charge in [0.05, 0.1) is 16.1 Å². The van der Waals surface area contributed by atoms with Crippen LogP contribution in [0.4, 0.5) is 5.13 Å². The topological polar surface area (TPSA) is 45.2 Å². The predicted octanol–water partition coefficient (Wildman–Crippen LogP) is 3.66. The van der Waals surface area contributed by atoms with Gasteiger partial charge in [0, 0.05) is 19.6 Å². The molecule has 2 aromatic rings. The molecule has 1 aromatic heterocycles. The summed E-state index contributed by atoms with van der Waals surface area (Å²) >= 11 is 1.75. The lowest BCUT2D eigenvalue weighted by atomic mass is 9.97. The Morgan fingerprint density at radius 1 is 1.43 bits per heavy atom. The smallest absolute Gasteiger partial charge is 0.224 e. The Hall–Kier alpha value is -1.62. The van der Waals surface area contributed by atoms with Gasteiger partial charge in [-0.15, -0.1) is 0 Å². The summed E-state index contributed by atoms with van der Waals surface area (Å²) < 4.78 is 1.25. The number of piperidine rings is 1. The van der Waals surface area contributed by atoms with E-state index >= 15 is 0 Å². The van der Waals surface area contributed by atoms with Gasteiger partial charge in [0.2, 0.25) is 5.91 Å². The lowest BCUT2D eigenvalue weighted by Gasteiger charge is -2.31. The van der Waals surface area contributed by atoms with Gasteiger partial charge in [0.15, 0.2) is 5.13 Å². The van der Waals surface area contributed by atoms with Crippen molar-refractivity contribution in [3.05, 3.63) is 23.3 Å². The first-order valence-electron chi connectivity index (χ1n) is 8.49. The minimum absolute atomic E-state index is 0.0881. The van der Waals surface area contributed by atoms with Crippen LogP contribution in [0.25, 0.3) is 10.2 Å². The number of nitrogens with zero attached hydrogens (tertiary/aromatic N) is 2. The van der Waals surface area contributed by atoms with Crippen molar-refractivity contribution in [2.75, 3.05) is 24.5 Å². The Bertz CT molecular complexity index is 710. The van der Waals surface area contributed by atoms with Crippen LogP contribution in [0.5, 0.6) is 0 Å². The maximum Gasteiger partial charge on any atom is 0.224 e. The maximum atomic E-state index is 12.2. The molecule has 2 heterocycles. The molecule has 1 aromatic carbocycles. The third-order valence-electron chi connectivity index (χ3n) is 4.43. The SMILES string of the molecule is CCCNC(=O)[C@@H]1CCCN(c2nc3c(C)cc(C)cc3s2)C1. The highest BCUT2D eigenvalue weighted by Gasteiger charge is 2.27. The molecule has 0 aliphatic carbocycles. The molecular weight excluding hydrogens is 306 g/mol. The number of nitrogens with one attached hydrogen (secondary N) is 1. The molecule has 5 heteroatoms. The molecule has 1 fully saturated rings. The van der Waals surface area contributed by atoms with Crippen LogP contribution in [-0.2, 0) is 4.79 Å². The normalized spacial score (nSPS) is 18.4. The fourth-order valence-corrected chi connectivity index (χ4v) is 4.43. The second-order valence-electron chi connectivity index (χ2n) is 6.50. The van der Waals surface area contributed by atoms with Gasteiger partial charge in [0.1, 0.15) is 0 Å². The van der Waals surface area contributed by atoms with E-state index < -0.39 is 0 Å². The zero-order valence-electron chi connectivity index (χ0n) is 14.2. The summed E-state index contributed by atoms with van der Waals surface area (Å²) in [6, 6.07) is 4.39. The Morgan fingerprint density at radius 3 is 3.04 bits per heavy atom. The number of fused-ring (bicyclic) bond motifs is 1. The summed E-state index contributed by atoms with van der Waals surface area (Å²) in [4.78, 5) is 19.4. The van der Waals surface area contributed by atoms with Crippen LogP contribution in [0, 0.1) is 19.8 Å². The molecule has 124 valence electrons. The summed E-state index contributed by atoms with van der Waals surface area (Å²) in [5.41, 5.74) is 3.62. The number of aryl methyl sites for hydroxylation is 2. The molecule has 1 saturated heterocycles. The number of benzene rings is 1. The van der Waals surface area contributed by atoms with Gasteiger partial charge >= 0.3 is 0 Å². The number of rotatable bonds is 4. The number of anilines is 1. The summed E-state index contributed by atoms with van der Waals surface area (Å²) in [6.45, 7) is 8.88. The van der Waals surface area contributed by atoms with Crippen molar-refractivity contribution in [1.29, 1.82) is 0 Å². The molecule has 0 spiro atoms. The summed E-state index contributed by atoms with van der Waals surface area (Å²) in [7, 11) is 0. The first-order chi connectivity index (χ1) is 11.1. The van der Waals surface area contributed by atoms with Crippen LogP contribution in [0.1, 0.15) is 37.3 Å². The van der Waals surface area contributed by atoms with Gasteiger partial charge < -0.3 is 10.2 Å². The average Bonchev–Trinajstić information content (AvgIpc) is 2.97. The molecule has 0 radical (unpaired) electrons.